The summed E-state index contributed by atoms with van der Waals surface area (Å²) in [5.41, 5.74) is 0.219. The van der Waals surface area contributed by atoms with E-state index in [2.05, 4.69) is 0 Å². The van der Waals surface area contributed by atoms with Gasteiger partial charge in [0.1, 0.15) is 5.60 Å². The van der Waals surface area contributed by atoms with Gasteiger partial charge in [0.15, 0.2) is 0 Å². The van der Waals surface area contributed by atoms with Crippen molar-refractivity contribution >= 4 is 5.97 Å². The van der Waals surface area contributed by atoms with Gasteiger partial charge in [0.25, 0.3) is 0 Å². The largest absolute Gasteiger partial charge is 0.460 e. The maximum Gasteiger partial charge on any atom is 0.312 e. The second kappa shape index (κ2) is 6.01. The Morgan fingerprint density at radius 2 is 1.83 bits per heavy atom. The van der Waals surface area contributed by atoms with Crippen LogP contribution in [0.1, 0.15) is 45.8 Å². The topological polar surface area (TPSA) is 46.5 Å². The molecule has 1 N–H and O–H groups in total. The third-order valence-corrected chi connectivity index (χ3v) is 2.67. The number of ether oxygens (including phenoxy) is 1. The van der Waals surface area contributed by atoms with Crippen molar-refractivity contribution in [2.75, 3.05) is 0 Å². The van der Waals surface area contributed by atoms with E-state index in [1.807, 2.05) is 58.0 Å². The Morgan fingerprint density at radius 1 is 1.28 bits per heavy atom. The molecule has 3 heteroatoms. The summed E-state index contributed by atoms with van der Waals surface area (Å²) in [7, 11) is 0. The molecule has 1 aromatic carbocycles. The predicted octanol–water partition coefficient (Wildman–Crippen LogP) is 3.09. The average molecular weight is 250 g/mol. The summed E-state index contributed by atoms with van der Waals surface area (Å²) in [6.07, 6.45) is -0.267. The van der Waals surface area contributed by atoms with Gasteiger partial charge in [-0.2, -0.15) is 0 Å². The van der Waals surface area contributed by atoms with E-state index < -0.39 is 17.6 Å². The van der Waals surface area contributed by atoms with Crippen LogP contribution in [0.4, 0.5) is 0 Å². The van der Waals surface area contributed by atoms with Crippen LogP contribution in [0.3, 0.4) is 0 Å². The lowest BCUT2D eigenvalue weighted by atomic mass is 9.93. The monoisotopic (exact) mass is 250 g/mol. The number of hydrogen-bond donors (Lipinski definition) is 1. The Bertz CT molecular complexity index is 378. The molecule has 1 rings (SSSR count). The van der Waals surface area contributed by atoms with E-state index in [0.29, 0.717) is 6.42 Å². The second-order valence-corrected chi connectivity index (χ2v) is 5.40. The van der Waals surface area contributed by atoms with Crippen LogP contribution in [0.15, 0.2) is 30.3 Å². The molecule has 2 atom stereocenters. The smallest absolute Gasteiger partial charge is 0.312 e. The van der Waals surface area contributed by atoms with Crippen LogP contribution in [0.2, 0.25) is 0 Å². The molecule has 1 aromatic rings. The molecule has 0 saturated heterocycles. The SMILES string of the molecule is CC[C@@H](C(=O)OC(C)(C)C)[C@H](O)c1ccccc1. The van der Waals surface area contributed by atoms with Crippen molar-refractivity contribution in [2.45, 2.75) is 45.8 Å². The number of benzene rings is 1. The molecule has 100 valence electrons. The van der Waals surface area contributed by atoms with Crippen LogP contribution in [0.5, 0.6) is 0 Å². The highest BCUT2D eigenvalue weighted by molar-refractivity contribution is 5.73. The molecular formula is C15H22O3. The van der Waals surface area contributed by atoms with Crippen LogP contribution in [-0.4, -0.2) is 16.7 Å². The summed E-state index contributed by atoms with van der Waals surface area (Å²) in [6.45, 7) is 7.35. The number of carbonyl (C=O) groups excluding carboxylic acids is 1. The minimum absolute atomic E-state index is 0.346. The Labute approximate surface area is 109 Å². The van der Waals surface area contributed by atoms with E-state index in [1.54, 1.807) is 0 Å². The van der Waals surface area contributed by atoms with Crippen LogP contribution in [0.25, 0.3) is 0 Å². The van der Waals surface area contributed by atoms with Crippen LogP contribution in [0, 0.1) is 5.92 Å². The quantitative estimate of drug-likeness (QED) is 0.835. The normalized spacial score (nSPS) is 14.9. The van der Waals surface area contributed by atoms with Crippen molar-refractivity contribution in [1.82, 2.24) is 0 Å². The van der Waals surface area contributed by atoms with Crippen molar-refractivity contribution in [2.24, 2.45) is 5.92 Å². The minimum Gasteiger partial charge on any atom is -0.460 e. The zero-order valence-corrected chi connectivity index (χ0v) is 11.5. The Kier molecular flexibility index (Phi) is 4.91. The Hall–Kier alpha value is -1.35. The molecule has 0 heterocycles. The second-order valence-electron chi connectivity index (χ2n) is 5.40. The molecule has 0 saturated carbocycles. The first-order valence-corrected chi connectivity index (χ1v) is 6.31. The van der Waals surface area contributed by atoms with Gasteiger partial charge >= 0.3 is 5.97 Å². The highest BCUT2D eigenvalue weighted by Crippen LogP contribution is 2.27. The molecule has 0 aliphatic heterocycles. The number of esters is 1. The maximum absolute atomic E-state index is 12.0. The molecule has 0 spiro atoms. The van der Waals surface area contributed by atoms with Crippen molar-refractivity contribution in [3.05, 3.63) is 35.9 Å². The van der Waals surface area contributed by atoms with Gasteiger partial charge in [-0.15, -0.1) is 0 Å². The lowest BCUT2D eigenvalue weighted by molar-refractivity contribution is -0.164. The number of hydrogen-bond acceptors (Lipinski definition) is 3. The number of aliphatic hydroxyl groups excluding tert-OH is 1. The molecule has 18 heavy (non-hydrogen) atoms. The first kappa shape index (κ1) is 14.7. The van der Waals surface area contributed by atoms with Crippen molar-refractivity contribution in [1.29, 1.82) is 0 Å². The van der Waals surface area contributed by atoms with E-state index in [9.17, 15) is 9.90 Å². The summed E-state index contributed by atoms with van der Waals surface area (Å²) >= 11 is 0. The Morgan fingerprint density at radius 3 is 2.28 bits per heavy atom. The lowest BCUT2D eigenvalue weighted by Crippen LogP contribution is -2.31. The van der Waals surface area contributed by atoms with Crippen LogP contribution in [-0.2, 0) is 9.53 Å². The first-order chi connectivity index (χ1) is 8.35. The van der Waals surface area contributed by atoms with Gasteiger partial charge in [-0.3, -0.25) is 4.79 Å². The minimum atomic E-state index is -0.814. The van der Waals surface area contributed by atoms with E-state index in [1.165, 1.54) is 0 Å². The molecule has 0 fully saturated rings. The molecular weight excluding hydrogens is 228 g/mol. The van der Waals surface area contributed by atoms with Gasteiger partial charge in [0, 0.05) is 0 Å². The Balaban J connectivity index is 2.81. The fourth-order valence-corrected chi connectivity index (χ4v) is 1.78. The molecule has 0 radical (unpaired) electrons. The maximum atomic E-state index is 12.0. The zero-order valence-electron chi connectivity index (χ0n) is 11.5. The van der Waals surface area contributed by atoms with Crippen molar-refractivity contribution < 1.29 is 14.6 Å². The summed E-state index contributed by atoms with van der Waals surface area (Å²) in [4.78, 5) is 12.0. The molecule has 3 nitrogen and oxygen atoms in total. The van der Waals surface area contributed by atoms with Crippen LogP contribution >= 0.6 is 0 Å². The van der Waals surface area contributed by atoms with Gasteiger partial charge < -0.3 is 9.84 Å². The zero-order chi connectivity index (χ0) is 13.8. The van der Waals surface area contributed by atoms with Gasteiger partial charge in [0.05, 0.1) is 12.0 Å². The summed E-state index contributed by atoms with van der Waals surface area (Å²) in [5.74, 6) is -0.868. The van der Waals surface area contributed by atoms with Gasteiger partial charge in [0.2, 0.25) is 0 Å². The number of aliphatic hydroxyl groups is 1. The summed E-state index contributed by atoms with van der Waals surface area (Å²) in [5, 5.41) is 10.2. The molecule has 0 aliphatic rings. The molecule has 0 aliphatic carbocycles. The fraction of sp³-hybridized carbons (Fsp3) is 0.533. The summed E-state index contributed by atoms with van der Waals surface area (Å²) in [6, 6.07) is 9.21. The molecule has 0 unspecified atom stereocenters. The van der Waals surface area contributed by atoms with E-state index >= 15 is 0 Å². The van der Waals surface area contributed by atoms with Crippen LogP contribution < -0.4 is 0 Å². The molecule has 0 bridgehead atoms. The van der Waals surface area contributed by atoms with Gasteiger partial charge in [-0.25, -0.2) is 0 Å². The third kappa shape index (κ3) is 4.15. The first-order valence-electron chi connectivity index (χ1n) is 6.31. The number of rotatable bonds is 4. The fourth-order valence-electron chi connectivity index (χ4n) is 1.78. The molecule has 0 amide bonds. The lowest BCUT2D eigenvalue weighted by Gasteiger charge is -2.26. The van der Waals surface area contributed by atoms with E-state index in [0.717, 1.165) is 5.56 Å². The third-order valence-electron chi connectivity index (χ3n) is 2.67. The number of carbonyl (C=O) groups is 1. The van der Waals surface area contributed by atoms with Crippen molar-refractivity contribution in [3.63, 3.8) is 0 Å². The highest BCUT2D eigenvalue weighted by atomic mass is 16.6. The average Bonchev–Trinajstić information content (AvgIpc) is 2.28. The highest BCUT2D eigenvalue weighted by Gasteiger charge is 2.30. The predicted molar refractivity (Wildman–Crippen MR) is 71.0 cm³/mol. The van der Waals surface area contributed by atoms with Gasteiger partial charge in [-0.1, -0.05) is 37.3 Å². The van der Waals surface area contributed by atoms with E-state index in [-0.39, 0.29) is 5.97 Å². The molecule has 0 aromatic heterocycles. The van der Waals surface area contributed by atoms with Gasteiger partial charge in [-0.05, 0) is 32.8 Å². The van der Waals surface area contributed by atoms with E-state index in [4.69, 9.17) is 4.74 Å². The van der Waals surface area contributed by atoms with Crippen molar-refractivity contribution in [3.8, 4) is 0 Å². The summed E-state index contributed by atoms with van der Waals surface area (Å²) < 4.78 is 5.33. The standard InChI is InChI=1S/C15H22O3/c1-5-12(14(17)18-15(2,3)4)13(16)11-9-7-6-8-10-11/h6-10,12-13,16H,5H2,1-4H3/t12-,13-/m1/s1.